The number of benzene rings is 1. The van der Waals surface area contributed by atoms with E-state index in [2.05, 4.69) is 25.3 Å². The van der Waals surface area contributed by atoms with Crippen molar-refractivity contribution in [2.75, 3.05) is 0 Å². The fourth-order valence-electron chi connectivity index (χ4n) is 3.43. The zero-order chi connectivity index (χ0) is 24.0. The number of rotatable bonds is 4. The third-order valence-electron chi connectivity index (χ3n) is 5.04. The van der Waals surface area contributed by atoms with E-state index in [1.807, 2.05) is 0 Å². The van der Waals surface area contributed by atoms with Crippen molar-refractivity contribution in [3.05, 3.63) is 71.9 Å². The first kappa shape index (κ1) is 21.8. The molecule has 5 rings (SSSR count). The summed E-state index contributed by atoms with van der Waals surface area (Å²) in [6.07, 6.45) is 2.01. The van der Waals surface area contributed by atoms with E-state index in [1.54, 1.807) is 78.6 Å². The van der Waals surface area contributed by atoms with Gasteiger partial charge in [0.25, 0.3) is 5.95 Å². The molecule has 0 bridgehead atoms. The summed E-state index contributed by atoms with van der Waals surface area (Å²) in [4.78, 5) is 8.23. The first-order valence-corrected chi connectivity index (χ1v) is 10.4. The number of aryl methyl sites for hydroxylation is 2. The number of hydrogen-bond donors (Lipinski definition) is 0. The molecule has 0 amide bonds. The van der Waals surface area contributed by atoms with E-state index in [9.17, 15) is 13.2 Å². The molecule has 0 unspecified atom stereocenters. The second kappa shape index (κ2) is 8.10. The fourth-order valence-corrected chi connectivity index (χ4v) is 3.56. The van der Waals surface area contributed by atoms with Gasteiger partial charge in [0.05, 0.1) is 29.5 Å². The minimum Gasteiger partial charge on any atom is -0.275 e. The maximum Gasteiger partial charge on any atom is 0.433 e. The molecule has 0 aliphatic heterocycles. The number of aromatic nitrogens is 8. The van der Waals surface area contributed by atoms with E-state index in [4.69, 9.17) is 11.6 Å². The minimum atomic E-state index is -4.69. The Kier molecular flexibility index (Phi) is 5.20. The molecule has 0 atom stereocenters. The lowest BCUT2D eigenvalue weighted by molar-refractivity contribution is -0.141. The maximum atomic E-state index is 13.8. The minimum absolute atomic E-state index is 0.0876. The van der Waals surface area contributed by atoms with Crippen LogP contribution in [-0.4, -0.2) is 39.3 Å². The molecule has 12 heteroatoms. The summed E-state index contributed by atoms with van der Waals surface area (Å²) in [5.41, 5.74) is 1.77. The Morgan fingerprint density at radius 2 is 1.44 bits per heavy atom. The van der Waals surface area contributed by atoms with E-state index in [-0.39, 0.29) is 11.6 Å². The number of hydrogen-bond acceptors (Lipinski definition) is 5. The summed E-state index contributed by atoms with van der Waals surface area (Å²) in [5, 5.41) is 13.3. The molecule has 0 fully saturated rings. The van der Waals surface area contributed by atoms with Crippen molar-refractivity contribution in [1.29, 1.82) is 0 Å². The summed E-state index contributed by atoms with van der Waals surface area (Å²) in [6.45, 7) is 0. The van der Waals surface area contributed by atoms with Crippen LogP contribution < -0.4 is 0 Å². The van der Waals surface area contributed by atoms with Gasteiger partial charge in [-0.25, -0.2) is 9.97 Å². The Morgan fingerprint density at radius 1 is 0.794 bits per heavy atom. The number of halogens is 4. The molecule has 172 valence electrons. The van der Waals surface area contributed by atoms with Crippen LogP contribution in [0.3, 0.4) is 0 Å². The monoisotopic (exact) mass is 484 g/mol. The molecule has 34 heavy (non-hydrogen) atoms. The highest BCUT2D eigenvalue weighted by atomic mass is 35.5. The standard InChI is InChI=1S/C22H16ClF3N8/c1-32-11-14(9-27-32)18-7-19(15-10-28-33(2)12-15)34(31-18)21-29-17(8-20(30-21)22(24,25)26)13-3-5-16(23)6-4-13/h3-12H,1-2H3. The van der Waals surface area contributed by atoms with Gasteiger partial charge in [0, 0.05) is 48.2 Å². The molecular weight excluding hydrogens is 469 g/mol. The lowest BCUT2D eigenvalue weighted by atomic mass is 10.1. The predicted octanol–water partition coefficient (Wildman–Crippen LogP) is 4.80. The second-order valence-electron chi connectivity index (χ2n) is 7.58. The highest BCUT2D eigenvalue weighted by molar-refractivity contribution is 6.30. The Bertz CT molecular complexity index is 1480. The predicted molar refractivity (Wildman–Crippen MR) is 119 cm³/mol. The molecule has 4 heterocycles. The lowest BCUT2D eigenvalue weighted by Gasteiger charge is -2.12. The van der Waals surface area contributed by atoms with Crippen molar-refractivity contribution in [2.24, 2.45) is 14.1 Å². The van der Waals surface area contributed by atoms with Crippen molar-refractivity contribution in [3.63, 3.8) is 0 Å². The van der Waals surface area contributed by atoms with Gasteiger partial charge in [0.15, 0.2) is 5.69 Å². The van der Waals surface area contributed by atoms with E-state index in [0.29, 0.717) is 33.1 Å². The third-order valence-corrected chi connectivity index (χ3v) is 5.30. The van der Waals surface area contributed by atoms with Gasteiger partial charge in [-0.15, -0.1) is 0 Å². The van der Waals surface area contributed by atoms with E-state index in [1.165, 1.54) is 4.68 Å². The molecule has 4 aromatic heterocycles. The zero-order valence-corrected chi connectivity index (χ0v) is 18.6. The third kappa shape index (κ3) is 4.17. The molecular formula is C22H16ClF3N8. The highest BCUT2D eigenvalue weighted by Gasteiger charge is 2.34. The summed E-state index contributed by atoms with van der Waals surface area (Å²) >= 11 is 5.94. The van der Waals surface area contributed by atoms with Gasteiger partial charge in [-0.2, -0.15) is 33.1 Å². The summed E-state index contributed by atoms with van der Waals surface area (Å²) in [6, 6.07) is 9.01. The summed E-state index contributed by atoms with van der Waals surface area (Å²) < 4.78 is 45.8. The van der Waals surface area contributed by atoms with Crippen LogP contribution in [0.4, 0.5) is 13.2 Å². The number of nitrogens with zero attached hydrogens (tertiary/aromatic N) is 8. The molecule has 8 nitrogen and oxygen atoms in total. The SMILES string of the molecule is Cn1cc(-c2cc(-c3cnn(C)c3)n(-c3nc(-c4ccc(Cl)cc4)cc(C(F)(F)F)n3)n2)cn1. The van der Waals surface area contributed by atoms with Crippen LogP contribution >= 0.6 is 11.6 Å². The highest BCUT2D eigenvalue weighted by Crippen LogP contribution is 2.33. The van der Waals surface area contributed by atoms with Gasteiger partial charge >= 0.3 is 6.18 Å². The van der Waals surface area contributed by atoms with Gasteiger partial charge in [0.1, 0.15) is 0 Å². The van der Waals surface area contributed by atoms with Crippen LogP contribution in [0.15, 0.2) is 61.2 Å². The molecule has 0 saturated heterocycles. The molecule has 0 aliphatic rings. The van der Waals surface area contributed by atoms with Crippen LogP contribution in [0, 0.1) is 0 Å². The summed E-state index contributed by atoms with van der Waals surface area (Å²) in [7, 11) is 3.50. The Balaban J connectivity index is 1.74. The van der Waals surface area contributed by atoms with Crippen molar-refractivity contribution >= 4 is 11.6 Å². The first-order valence-electron chi connectivity index (χ1n) is 9.98. The maximum absolute atomic E-state index is 13.8. The van der Waals surface area contributed by atoms with Gasteiger partial charge in [-0.05, 0) is 24.3 Å². The van der Waals surface area contributed by atoms with Crippen molar-refractivity contribution in [2.45, 2.75) is 6.18 Å². The van der Waals surface area contributed by atoms with Gasteiger partial charge < -0.3 is 0 Å². The van der Waals surface area contributed by atoms with Crippen LogP contribution in [0.1, 0.15) is 5.69 Å². The smallest absolute Gasteiger partial charge is 0.275 e. The van der Waals surface area contributed by atoms with E-state index < -0.39 is 11.9 Å². The second-order valence-corrected chi connectivity index (χ2v) is 8.01. The Morgan fingerprint density at radius 3 is 2.03 bits per heavy atom. The van der Waals surface area contributed by atoms with Gasteiger partial charge in [-0.1, -0.05) is 23.7 Å². The van der Waals surface area contributed by atoms with Gasteiger partial charge in [-0.3, -0.25) is 9.36 Å². The quantitative estimate of drug-likeness (QED) is 0.366. The largest absolute Gasteiger partial charge is 0.433 e. The molecule has 5 aromatic rings. The molecule has 0 aliphatic carbocycles. The van der Waals surface area contributed by atoms with Crippen LogP contribution in [0.5, 0.6) is 0 Å². The molecule has 1 aromatic carbocycles. The fraction of sp³-hybridized carbons (Fsp3) is 0.136. The van der Waals surface area contributed by atoms with Crippen LogP contribution in [0.25, 0.3) is 39.7 Å². The molecule has 0 saturated carbocycles. The average molecular weight is 485 g/mol. The number of alkyl halides is 3. The first-order chi connectivity index (χ1) is 16.2. The lowest BCUT2D eigenvalue weighted by Crippen LogP contribution is -2.14. The van der Waals surface area contributed by atoms with Crippen LogP contribution in [0.2, 0.25) is 5.02 Å². The zero-order valence-electron chi connectivity index (χ0n) is 17.9. The summed E-state index contributed by atoms with van der Waals surface area (Å²) in [5.74, 6) is -0.228. The Labute approximate surface area is 196 Å². The average Bonchev–Trinajstić information content (AvgIpc) is 3.52. The normalized spacial score (nSPS) is 11.8. The van der Waals surface area contributed by atoms with Crippen molar-refractivity contribution < 1.29 is 13.2 Å². The van der Waals surface area contributed by atoms with Crippen molar-refractivity contribution in [3.8, 4) is 39.7 Å². The molecule has 0 spiro atoms. The van der Waals surface area contributed by atoms with Gasteiger partial charge in [0.2, 0.25) is 0 Å². The van der Waals surface area contributed by atoms with E-state index >= 15 is 0 Å². The molecule has 0 N–H and O–H groups in total. The Hall–Kier alpha value is -3.99. The molecule has 0 radical (unpaired) electrons. The van der Waals surface area contributed by atoms with E-state index in [0.717, 1.165) is 6.07 Å². The van der Waals surface area contributed by atoms with Crippen molar-refractivity contribution in [1.82, 2.24) is 39.3 Å². The topological polar surface area (TPSA) is 79.2 Å². The van der Waals surface area contributed by atoms with Crippen LogP contribution in [-0.2, 0) is 20.3 Å².